The van der Waals surface area contributed by atoms with Crippen LogP contribution in [-0.2, 0) is 0 Å². The second kappa shape index (κ2) is 7.79. The number of nitrogens with one attached hydrogen (secondary N) is 1. The Labute approximate surface area is 171 Å². The molecule has 6 heteroatoms. The molecule has 0 spiro atoms. The lowest BCUT2D eigenvalue weighted by atomic mass is 10.1. The molecule has 2 aliphatic heterocycles. The molecule has 2 aromatic carbocycles. The molecule has 150 valence electrons. The van der Waals surface area contributed by atoms with Gasteiger partial charge in [0.2, 0.25) is 0 Å². The molecule has 1 N–H and O–H groups in total. The summed E-state index contributed by atoms with van der Waals surface area (Å²) in [6.45, 7) is 7.44. The van der Waals surface area contributed by atoms with Crippen LogP contribution in [0.2, 0.25) is 0 Å². The molecule has 1 aromatic heterocycles. The molecule has 0 saturated carbocycles. The molecule has 2 amide bonds. The fourth-order valence-electron chi connectivity index (χ4n) is 4.46. The van der Waals surface area contributed by atoms with E-state index in [-0.39, 0.29) is 6.03 Å². The van der Waals surface area contributed by atoms with E-state index in [4.69, 9.17) is 0 Å². The molecule has 5 rings (SSSR count). The highest BCUT2D eigenvalue weighted by atomic mass is 16.2. The van der Waals surface area contributed by atoms with Gasteiger partial charge in [0, 0.05) is 80.8 Å². The van der Waals surface area contributed by atoms with E-state index < -0.39 is 0 Å². The molecule has 0 unspecified atom stereocenters. The molecule has 2 fully saturated rings. The minimum atomic E-state index is 0.133. The fraction of sp³-hybridized carbons (Fsp3) is 0.348. The Morgan fingerprint density at radius 2 is 1.62 bits per heavy atom. The van der Waals surface area contributed by atoms with Crippen LogP contribution in [0.4, 0.5) is 16.2 Å². The maximum atomic E-state index is 12.7. The van der Waals surface area contributed by atoms with Crippen LogP contribution >= 0.6 is 0 Å². The molecule has 0 radical (unpaired) electrons. The van der Waals surface area contributed by atoms with Crippen LogP contribution in [0.15, 0.2) is 60.8 Å². The van der Waals surface area contributed by atoms with E-state index in [2.05, 4.69) is 39.0 Å². The minimum absolute atomic E-state index is 0.133. The van der Waals surface area contributed by atoms with Crippen molar-refractivity contribution in [3.8, 4) is 0 Å². The van der Waals surface area contributed by atoms with Gasteiger partial charge in [-0.05, 0) is 30.3 Å². The fourth-order valence-corrected chi connectivity index (χ4v) is 4.46. The number of fused-ring (bicyclic) bond motifs is 1. The second-order valence-corrected chi connectivity index (χ2v) is 7.80. The number of piperazine rings is 1. The van der Waals surface area contributed by atoms with Gasteiger partial charge in [-0.2, -0.15) is 0 Å². The number of carbonyl (C=O) groups excluding carboxylic acids is 1. The van der Waals surface area contributed by atoms with Crippen LogP contribution in [0.3, 0.4) is 0 Å². The summed E-state index contributed by atoms with van der Waals surface area (Å²) in [7, 11) is 0. The Kier molecular flexibility index (Phi) is 4.86. The molecule has 2 saturated heterocycles. The van der Waals surface area contributed by atoms with Gasteiger partial charge >= 0.3 is 6.03 Å². The van der Waals surface area contributed by atoms with E-state index in [1.807, 2.05) is 46.3 Å². The number of hydrogen-bond acceptors (Lipinski definition) is 3. The Hall–Kier alpha value is -2.99. The van der Waals surface area contributed by atoms with Gasteiger partial charge in [-0.15, -0.1) is 0 Å². The maximum absolute atomic E-state index is 12.7. The van der Waals surface area contributed by atoms with Crippen molar-refractivity contribution < 1.29 is 4.79 Å². The van der Waals surface area contributed by atoms with Crippen LogP contribution in [0.25, 0.3) is 10.9 Å². The SMILES string of the molecule is O=C1N(CCN2CCN(c3cccc4[nH]ccc34)CC2)CCN1c1ccccc1. The standard InChI is InChI=1S/C23H27N5O/c29-23-27(17-18-28(23)19-5-2-1-3-6-19)16-13-25-11-14-26(15-12-25)22-8-4-7-21-20(22)9-10-24-21/h1-10,24H,11-18H2. The van der Waals surface area contributed by atoms with Crippen LogP contribution in [0, 0.1) is 0 Å². The quantitative estimate of drug-likeness (QED) is 0.729. The number of urea groups is 1. The summed E-state index contributed by atoms with van der Waals surface area (Å²) >= 11 is 0. The first kappa shape index (κ1) is 18.1. The number of H-pyrrole nitrogens is 1. The number of benzene rings is 2. The average molecular weight is 390 g/mol. The van der Waals surface area contributed by atoms with Crippen molar-refractivity contribution in [2.75, 3.05) is 62.2 Å². The zero-order chi connectivity index (χ0) is 19.6. The third-order valence-electron chi connectivity index (χ3n) is 6.13. The number of hydrogen-bond donors (Lipinski definition) is 1. The molecule has 0 bridgehead atoms. The Bertz CT molecular complexity index is 977. The number of aromatic amines is 1. The van der Waals surface area contributed by atoms with E-state index in [1.54, 1.807) is 0 Å². The molecule has 0 atom stereocenters. The van der Waals surface area contributed by atoms with Crippen molar-refractivity contribution in [1.82, 2.24) is 14.8 Å². The van der Waals surface area contributed by atoms with E-state index in [0.29, 0.717) is 0 Å². The van der Waals surface area contributed by atoms with Crippen LogP contribution in [0.1, 0.15) is 0 Å². The first-order valence-electron chi connectivity index (χ1n) is 10.4. The Morgan fingerprint density at radius 1 is 0.793 bits per heavy atom. The zero-order valence-electron chi connectivity index (χ0n) is 16.6. The summed E-state index contributed by atoms with van der Waals surface area (Å²) in [6, 6.07) is 18.7. The third-order valence-corrected chi connectivity index (χ3v) is 6.13. The molecular formula is C23H27N5O. The van der Waals surface area contributed by atoms with Gasteiger partial charge < -0.3 is 14.8 Å². The predicted molar refractivity (Wildman–Crippen MR) is 118 cm³/mol. The lowest BCUT2D eigenvalue weighted by Gasteiger charge is -2.37. The van der Waals surface area contributed by atoms with Gasteiger partial charge in [0.1, 0.15) is 0 Å². The highest BCUT2D eigenvalue weighted by Crippen LogP contribution is 2.27. The molecule has 3 heterocycles. The highest BCUT2D eigenvalue weighted by molar-refractivity contribution is 5.94. The third kappa shape index (κ3) is 3.56. The monoisotopic (exact) mass is 389 g/mol. The van der Waals surface area contributed by atoms with Crippen molar-refractivity contribution >= 4 is 28.3 Å². The first-order chi connectivity index (χ1) is 14.3. The number of anilines is 2. The van der Waals surface area contributed by atoms with Crippen molar-refractivity contribution in [2.24, 2.45) is 0 Å². The molecule has 2 aliphatic rings. The number of para-hydroxylation sites is 1. The zero-order valence-corrected chi connectivity index (χ0v) is 16.6. The molecule has 3 aromatic rings. The van der Waals surface area contributed by atoms with Crippen molar-refractivity contribution in [2.45, 2.75) is 0 Å². The summed E-state index contributed by atoms with van der Waals surface area (Å²) in [5, 5.41) is 1.30. The minimum Gasteiger partial charge on any atom is -0.368 e. The molecular weight excluding hydrogens is 362 g/mol. The predicted octanol–water partition coefficient (Wildman–Crippen LogP) is 3.23. The summed E-state index contributed by atoms with van der Waals surface area (Å²) in [5.74, 6) is 0. The van der Waals surface area contributed by atoms with E-state index in [1.165, 1.54) is 16.6 Å². The van der Waals surface area contributed by atoms with Crippen LogP contribution in [0.5, 0.6) is 0 Å². The van der Waals surface area contributed by atoms with Crippen LogP contribution < -0.4 is 9.80 Å². The molecule has 6 nitrogen and oxygen atoms in total. The van der Waals surface area contributed by atoms with Crippen LogP contribution in [-0.4, -0.2) is 73.2 Å². The van der Waals surface area contributed by atoms with Crippen molar-refractivity contribution in [1.29, 1.82) is 0 Å². The van der Waals surface area contributed by atoms with Gasteiger partial charge in [0.25, 0.3) is 0 Å². The summed E-state index contributed by atoms with van der Waals surface area (Å²) in [4.78, 5) is 24.9. The number of amides is 2. The summed E-state index contributed by atoms with van der Waals surface area (Å²) < 4.78 is 0. The smallest absolute Gasteiger partial charge is 0.324 e. The first-order valence-corrected chi connectivity index (χ1v) is 10.4. The maximum Gasteiger partial charge on any atom is 0.324 e. The topological polar surface area (TPSA) is 45.8 Å². The van der Waals surface area contributed by atoms with E-state index in [9.17, 15) is 4.79 Å². The lowest BCUT2D eigenvalue weighted by molar-refractivity contribution is 0.199. The van der Waals surface area contributed by atoms with Gasteiger partial charge in [0.05, 0.1) is 0 Å². The van der Waals surface area contributed by atoms with Crippen molar-refractivity contribution in [3.05, 3.63) is 60.8 Å². The molecule has 0 aliphatic carbocycles. The summed E-state index contributed by atoms with van der Waals surface area (Å²) in [6.07, 6.45) is 2.01. The largest absolute Gasteiger partial charge is 0.368 e. The highest BCUT2D eigenvalue weighted by Gasteiger charge is 2.29. The number of carbonyl (C=O) groups is 1. The Morgan fingerprint density at radius 3 is 2.45 bits per heavy atom. The number of rotatable bonds is 5. The van der Waals surface area contributed by atoms with E-state index >= 15 is 0 Å². The van der Waals surface area contributed by atoms with E-state index in [0.717, 1.165) is 58.0 Å². The lowest BCUT2D eigenvalue weighted by Crippen LogP contribution is -2.48. The molecule has 29 heavy (non-hydrogen) atoms. The normalized spacial score (nSPS) is 18.2. The Balaban J connectivity index is 1.14. The van der Waals surface area contributed by atoms with Gasteiger partial charge in [-0.3, -0.25) is 9.80 Å². The second-order valence-electron chi connectivity index (χ2n) is 7.80. The number of nitrogens with zero attached hydrogens (tertiary/aromatic N) is 4. The van der Waals surface area contributed by atoms with Gasteiger partial charge in [-0.25, -0.2) is 4.79 Å². The van der Waals surface area contributed by atoms with Gasteiger partial charge in [0.15, 0.2) is 0 Å². The van der Waals surface area contributed by atoms with Crippen molar-refractivity contribution in [3.63, 3.8) is 0 Å². The summed E-state index contributed by atoms with van der Waals surface area (Å²) in [5.41, 5.74) is 3.50. The van der Waals surface area contributed by atoms with Gasteiger partial charge in [-0.1, -0.05) is 24.3 Å². The average Bonchev–Trinajstić information content (AvgIpc) is 3.40. The number of aromatic nitrogens is 1.